The van der Waals surface area contributed by atoms with Crippen molar-refractivity contribution in [2.45, 2.75) is 38.0 Å². The number of piperazine rings is 1. The number of aryl methyl sites for hydroxylation is 2. The van der Waals surface area contributed by atoms with Crippen molar-refractivity contribution >= 4 is 39.7 Å². The van der Waals surface area contributed by atoms with Gasteiger partial charge in [-0.2, -0.15) is 4.31 Å². The topological polar surface area (TPSA) is 69.7 Å². The molecule has 2 saturated heterocycles. The van der Waals surface area contributed by atoms with Crippen LogP contribution < -0.4 is 5.32 Å². The molecule has 1 aromatic heterocycles. The first kappa shape index (κ1) is 21.6. The maximum absolute atomic E-state index is 12.8. The Kier molecular flexibility index (Phi) is 7.50. The van der Waals surface area contributed by atoms with Gasteiger partial charge < -0.3 is 10.2 Å². The summed E-state index contributed by atoms with van der Waals surface area (Å²) in [5.74, 6) is 0.766. The fourth-order valence-electron chi connectivity index (χ4n) is 3.63. The molecule has 1 amide bonds. The molecule has 0 aliphatic carbocycles. The van der Waals surface area contributed by atoms with E-state index in [4.69, 9.17) is 0 Å². The van der Waals surface area contributed by atoms with Crippen LogP contribution in [0.5, 0.6) is 0 Å². The van der Waals surface area contributed by atoms with Crippen LogP contribution in [0.2, 0.25) is 0 Å². The summed E-state index contributed by atoms with van der Waals surface area (Å²) >= 11 is 1.51. The van der Waals surface area contributed by atoms with Crippen LogP contribution in [0.25, 0.3) is 0 Å². The number of amides is 1. The molecule has 1 unspecified atom stereocenters. The van der Waals surface area contributed by atoms with Crippen LogP contribution >= 0.6 is 23.7 Å². The lowest BCUT2D eigenvalue weighted by Gasteiger charge is -2.34. The number of nitrogens with zero attached hydrogens (tertiary/aromatic N) is 2. The van der Waals surface area contributed by atoms with Crippen molar-refractivity contribution < 1.29 is 13.2 Å². The van der Waals surface area contributed by atoms with Crippen molar-refractivity contribution in [1.82, 2.24) is 14.5 Å². The molecule has 148 valence electrons. The lowest BCUT2D eigenvalue weighted by molar-refractivity contribution is -0.132. The van der Waals surface area contributed by atoms with E-state index < -0.39 is 10.0 Å². The molecule has 2 fully saturated rings. The predicted octanol–water partition coefficient (Wildman–Crippen LogP) is 2.01. The predicted molar refractivity (Wildman–Crippen MR) is 107 cm³/mol. The minimum atomic E-state index is -3.45. The van der Waals surface area contributed by atoms with Crippen LogP contribution in [0.15, 0.2) is 11.0 Å². The molecule has 1 N–H and O–H groups in total. The molecule has 0 radical (unpaired) electrons. The maximum atomic E-state index is 12.8. The molecule has 3 rings (SSSR count). The minimum absolute atomic E-state index is 0. The molecule has 2 aliphatic heterocycles. The monoisotopic (exact) mass is 421 g/mol. The zero-order chi connectivity index (χ0) is 18.0. The van der Waals surface area contributed by atoms with Gasteiger partial charge in [0.2, 0.25) is 15.9 Å². The summed E-state index contributed by atoms with van der Waals surface area (Å²) in [5.41, 5.74) is 0. The summed E-state index contributed by atoms with van der Waals surface area (Å²) in [6.07, 6.45) is 2.65. The van der Waals surface area contributed by atoms with Crippen molar-refractivity contribution in [3.8, 4) is 0 Å². The number of thiophene rings is 1. The fourth-order valence-corrected chi connectivity index (χ4v) is 6.57. The standard InChI is InChI=1S/C17H27N3O3S2.ClH/c1-13-11-16(14(2)24-13)25(22,23)20-9-7-19(8-10-20)17(21)4-3-15-5-6-18-12-15;/h11,15,18H,3-10,12H2,1-2H3;1H. The van der Waals surface area contributed by atoms with Gasteiger partial charge in [0.15, 0.2) is 0 Å². The molecule has 6 nitrogen and oxygen atoms in total. The van der Waals surface area contributed by atoms with Crippen molar-refractivity contribution in [3.05, 3.63) is 15.8 Å². The highest BCUT2D eigenvalue weighted by atomic mass is 35.5. The second-order valence-electron chi connectivity index (χ2n) is 6.96. The van der Waals surface area contributed by atoms with E-state index in [2.05, 4.69) is 5.32 Å². The van der Waals surface area contributed by atoms with Crippen molar-refractivity contribution in [2.24, 2.45) is 5.92 Å². The number of hydrogen-bond donors (Lipinski definition) is 1. The number of halogens is 1. The molecular weight excluding hydrogens is 394 g/mol. The molecule has 0 aromatic carbocycles. The lowest BCUT2D eigenvalue weighted by Crippen LogP contribution is -2.50. The average molecular weight is 422 g/mol. The summed E-state index contributed by atoms with van der Waals surface area (Å²) in [5, 5.41) is 3.32. The first-order valence-electron chi connectivity index (χ1n) is 8.93. The van der Waals surface area contributed by atoms with Gasteiger partial charge in [0, 0.05) is 42.4 Å². The molecule has 1 aromatic rings. The van der Waals surface area contributed by atoms with Gasteiger partial charge in [0.25, 0.3) is 0 Å². The molecule has 26 heavy (non-hydrogen) atoms. The number of sulfonamides is 1. The summed E-state index contributed by atoms with van der Waals surface area (Å²) in [6.45, 7) is 7.58. The Bertz CT molecular complexity index is 722. The van der Waals surface area contributed by atoms with Crippen LogP contribution in [-0.4, -0.2) is 62.8 Å². The molecule has 0 saturated carbocycles. The summed E-state index contributed by atoms with van der Waals surface area (Å²) in [7, 11) is -3.45. The highest BCUT2D eigenvalue weighted by Gasteiger charge is 2.31. The van der Waals surface area contributed by atoms with Crippen LogP contribution in [0.3, 0.4) is 0 Å². The van der Waals surface area contributed by atoms with E-state index in [-0.39, 0.29) is 18.3 Å². The first-order valence-corrected chi connectivity index (χ1v) is 11.2. The van der Waals surface area contributed by atoms with Gasteiger partial charge in [-0.15, -0.1) is 23.7 Å². The summed E-state index contributed by atoms with van der Waals surface area (Å²) in [4.78, 5) is 16.5. The van der Waals surface area contributed by atoms with E-state index in [0.29, 0.717) is 43.4 Å². The minimum Gasteiger partial charge on any atom is -0.340 e. The quantitative estimate of drug-likeness (QED) is 0.789. The van der Waals surface area contributed by atoms with Gasteiger partial charge in [-0.25, -0.2) is 8.42 Å². The van der Waals surface area contributed by atoms with Crippen molar-refractivity contribution in [3.63, 3.8) is 0 Å². The zero-order valence-corrected chi connectivity index (χ0v) is 17.8. The van der Waals surface area contributed by atoms with E-state index in [1.165, 1.54) is 15.6 Å². The van der Waals surface area contributed by atoms with Gasteiger partial charge in [0.1, 0.15) is 0 Å². The molecule has 1 atom stereocenters. The third kappa shape index (κ3) is 4.78. The van der Waals surface area contributed by atoms with Gasteiger partial charge >= 0.3 is 0 Å². The normalized spacial score (nSPS) is 21.6. The number of carbonyl (C=O) groups excluding carboxylic acids is 1. The molecular formula is C17H28ClN3O3S2. The van der Waals surface area contributed by atoms with E-state index in [1.54, 1.807) is 6.07 Å². The second-order valence-corrected chi connectivity index (χ2v) is 10.3. The molecule has 0 spiro atoms. The SMILES string of the molecule is Cc1cc(S(=O)(=O)N2CCN(C(=O)CCC3CCNC3)CC2)c(C)s1.Cl. The van der Waals surface area contributed by atoms with E-state index in [0.717, 1.165) is 35.7 Å². The Morgan fingerprint density at radius 1 is 1.27 bits per heavy atom. The van der Waals surface area contributed by atoms with Gasteiger partial charge in [-0.3, -0.25) is 4.79 Å². The van der Waals surface area contributed by atoms with Crippen molar-refractivity contribution in [2.75, 3.05) is 39.3 Å². The zero-order valence-electron chi connectivity index (χ0n) is 15.4. The van der Waals surface area contributed by atoms with Crippen LogP contribution in [0.1, 0.15) is 29.0 Å². The fraction of sp³-hybridized carbons (Fsp3) is 0.706. The molecule has 2 aliphatic rings. The van der Waals surface area contributed by atoms with Crippen LogP contribution in [0.4, 0.5) is 0 Å². The van der Waals surface area contributed by atoms with Gasteiger partial charge in [-0.05, 0) is 51.8 Å². The number of nitrogens with one attached hydrogen (secondary N) is 1. The Labute approximate surface area is 166 Å². The van der Waals surface area contributed by atoms with Crippen LogP contribution in [-0.2, 0) is 14.8 Å². The third-order valence-electron chi connectivity index (χ3n) is 5.13. The Morgan fingerprint density at radius 2 is 1.96 bits per heavy atom. The number of carbonyl (C=O) groups is 1. The van der Waals surface area contributed by atoms with Gasteiger partial charge in [-0.1, -0.05) is 0 Å². The highest BCUT2D eigenvalue weighted by Crippen LogP contribution is 2.28. The highest BCUT2D eigenvalue weighted by molar-refractivity contribution is 7.89. The smallest absolute Gasteiger partial charge is 0.244 e. The second kappa shape index (κ2) is 9.01. The van der Waals surface area contributed by atoms with Gasteiger partial charge in [0.05, 0.1) is 4.90 Å². The molecule has 9 heteroatoms. The number of hydrogen-bond acceptors (Lipinski definition) is 5. The molecule has 3 heterocycles. The Hall–Kier alpha value is -0.670. The summed E-state index contributed by atoms with van der Waals surface area (Å²) in [6, 6.07) is 1.75. The Morgan fingerprint density at radius 3 is 2.50 bits per heavy atom. The number of rotatable bonds is 5. The van der Waals surface area contributed by atoms with Crippen molar-refractivity contribution in [1.29, 1.82) is 0 Å². The van der Waals surface area contributed by atoms with E-state index >= 15 is 0 Å². The third-order valence-corrected chi connectivity index (χ3v) is 8.25. The average Bonchev–Trinajstić information content (AvgIpc) is 3.22. The van der Waals surface area contributed by atoms with E-state index in [9.17, 15) is 13.2 Å². The Balaban J connectivity index is 0.00000243. The van der Waals surface area contributed by atoms with E-state index in [1.807, 2.05) is 18.7 Å². The first-order chi connectivity index (χ1) is 11.9. The van der Waals surface area contributed by atoms with Crippen LogP contribution in [0, 0.1) is 19.8 Å². The lowest BCUT2D eigenvalue weighted by atomic mass is 10.0. The molecule has 0 bridgehead atoms. The largest absolute Gasteiger partial charge is 0.340 e. The summed E-state index contributed by atoms with van der Waals surface area (Å²) < 4.78 is 27.2. The maximum Gasteiger partial charge on any atom is 0.244 e.